The highest BCUT2D eigenvalue weighted by Gasteiger charge is 2.05. The maximum atomic E-state index is 12.1. The lowest BCUT2D eigenvalue weighted by molar-refractivity contribution is -0.118. The highest BCUT2D eigenvalue weighted by Crippen LogP contribution is 2.15. The summed E-state index contributed by atoms with van der Waals surface area (Å²) in [4.78, 5) is 15.2. The lowest BCUT2D eigenvalue weighted by Crippen LogP contribution is -2.04. The van der Waals surface area contributed by atoms with Crippen molar-refractivity contribution in [2.45, 2.75) is 19.3 Å². The minimum atomic E-state index is 0.295. The predicted molar refractivity (Wildman–Crippen MR) is 81.8 cm³/mol. The van der Waals surface area contributed by atoms with Crippen LogP contribution in [0.3, 0.4) is 0 Å². The Morgan fingerprint density at radius 3 is 2.65 bits per heavy atom. The number of carbonyl (C=O) groups is 1. The number of aromatic amines is 1. The van der Waals surface area contributed by atoms with Crippen LogP contribution in [0.1, 0.15) is 17.5 Å². The van der Waals surface area contributed by atoms with Crippen molar-refractivity contribution >= 4 is 16.7 Å². The van der Waals surface area contributed by atoms with Gasteiger partial charge in [0.1, 0.15) is 5.78 Å². The maximum Gasteiger partial charge on any atom is 0.137 e. The molecule has 0 bridgehead atoms. The summed E-state index contributed by atoms with van der Waals surface area (Å²) < 4.78 is 0. The number of Topliss-reactive ketones (excluding diaryl/α,β-unsaturated/α-hetero) is 1. The summed E-state index contributed by atoms with van der Waals surface area (Å²) in [5, 5.41) is 1.17. The van der Waals surface area contributed by atoms with Gasteiger partial charge in [-0.2, -0.15) is 0 Å². The second-order valence-corrected chi connectivity index (χ2v) is 5.10. The average molecular weight is 263 g/mol. The first-order chi connectivity index (χ1) is 9.81. The van der Waals surface area contributed by atoms with E-state index < -0.39 is 0 Å². The second kappa shape index (κ2) is 5.74. The number of aryl methyl sites for hydroxylation is 1. The number of rotatable bonds is 5. The summed E-state index contributed by atoms with van der Waals surface area (Å²) in [5.41, 5.74) is 3.43. The molecule has 2 heteroatoms. The van der Waals surface area contributed by atoms with Crippen molar-refractivity contribution < 1.29 is 4.79 Å². The molecule has 0 aliphatic heterocycles. The summed E-state index contributed by atoms with van der Waals surface area (Å²) in [7, 11) is 0. The molecule has 2 aromatic carbocycles. The van der Waals surface area contributed by atoms with E-state index in [0.717, 1.165) is 17.5 Å². The molecular weight excluding hydrogens is 246 g/mol. The Balaban J connectivity index is 1.61. The molecule has 0 radical (unpaired) electrons. The lowest BCUT2D eigenvalue weighted by Gasteiger charge is -2.03. The van der Waals surface area contributed by atoms with Gasteiger partial charge in [-0.25, -0.2) is 0 Å². The monoisotopic (exact) mass is 263 g/mol. The zero-order valence-corrected chi connectivity index (χ0v) is 11.3. The lowest BCUT2D eigenvalue weighted by atomic mass is 10.0. The van der Waals surface area contributed by atoms with E-state index in [0.29, 0.717) is 18.6 Å². The molecule has 1 N–H and O–H groups in total. The van der Waals surface area contributed by atoms with Crippen molar-refractivity contribution in [3.05, 3.63) is 71.9 Å². The number of hydrogen-bond donors (Lipinski definition) is 1. The van der Waals surface area contributed by atoms with Crippen molar-refractivity contribution in [2.24, 2.45) is 0 Å². The van der Waals surface area contributed by atoms with Gasteiger partial charge < -0.3 is 4.98 Å². The fraction of sp³-hybridized carbons (Fsp3) is 0.167. The SMILES string of the molecule is O=C(CCc1ccccc1)Cc1ccc2[nH]ccc2c1. The second-order valence-electron chi connectivity index (χ2n) is 5.10. The Labute approximate surface area is 118 Å². The van der Waals surface area contributed by atoms with Crippen LogP contribution in [-0.2, 0) is 17.6 Å². The predicted octanol–water partition coefficient (Wildman–Crippen LogP) is 3.91. The molecule has 0 fully saturated rings. The van der Waals surface area contributed by atoms with E-state index in [1.807, 2.05) is 42.6 Å². The largest absolute Gasteiger partial charge is 0.361 e. The molecule has 2 nitrogen and oxygen atoms in total. The molecule has 0 aliphatic rings. The van der Waals surface area contributed by atoms with Gasteiger partial charge in [0.15, 0.2) is 0 Å². The fourth-order valence-corrected chi connectivity index (χ4v) is 2.46. The molecule has 1 aromatic heterocycles. The van der Waals surface area contributed by atoms with Crippen molar-refractivity contribution in [3.8, 4) is 0 Å². The van der Waals surface area contributed by atoms with Gasteiger partial charge >= 0.3 is 0 Å². The molecule has 0 saturated carbocycles. The van der Waals surface area contributed by atoms with Gasteiger partial charge in [-0.15, -0.1) is 0 Å². The third-order valence-corrected chi connectivity index (χ3v) is 3.55. The van der Waals surface area contributed by atoms with Crippen LogP contribution in [0, 0.1) is 0 Å². The number of aromatic nitrogens is 1. The van der Waals surface area contributed by atoms with Crippen LogP contribution in [0.25, 0.3) is 10.9 Å². The van der Waals surface area contributed by atoms with E-state index in [9.17, 15) is 4.79 Å². The van der Waals surface area contributed by atoms with Crippen molar-refractivity contribution in [2.75, 3.05) is 0 Å². The van der Waals surface area contributed by atoms with Crippen molar-refractivity contribution in [3.63, 3.8) is 0 Å². The number of benzene rings is 2. The Hall–Kier alpha value is -2.35. The van der Waals surface area contributed by atoms with Crippen LogP contribution in [-0.4, -0.2) is 10.8 Å². The summed E-state index contributed by atoms with van der Waals surface area (Å²) >= 11 is 0. The van der Waals surface area contributed by atoms with Crippen LogP contribution in [0.5, 0.6) is 0 Å². The molecule has 0 spiro atoms. The van der Waals surface area contributed by atoms with Gasteiger partial charge in [-0.1, -0.05) is 36.4 Å². The first-order valence-corrected chi connectivity index (χ1v) is 6.93. The summed E-state index contributed by atoms with van der Waals surface area (Å²) in [6, 6.07) is 18.4. The van der Waals surface area contributed by atoms with Gasteiger partial charge in [0, 0.05) is 24.6 Å². The van der Waals surface area contributed by atoms with Gasteiger partial charge in [0.2, 0.25) is 0 Å². The Morgan fingerprint density at radius 2 is 1.80 bits per heavy atom. The first-order valence-electron chi connectivity index (χ1n) is 6.93. The minimum Gasteiger partial charge on any atom is -0.361 e. The topological polar surface area (TPSA) is 32.9 Å². The number of carbonyl (C=O) groups excluding carboxylic acids is 1. The molecule has 0 amide bonds. The number of ketones is 1. The third-order valence-electron chi connectivity index (χ3n) is 3.55. The van der Waals surface area contributed by atoms with Crippen LogP contribution in [0.4, 0.5) is 0 Å². The number of hydrogen-bond acceptors (Lipinski definition) is 1. The van der Waals surface area contributed by atoms with E-state index in [1.165, 1.54) is 10.9 Å². The van der Waals surface area contributed by atoms with Crippen LogP contribution in [0.2, 0.25) is 0 Å². The van der Waals surface area contributed by atoms with Crippen molar-refractivity contribution in [1.82, 2.24) is 4.98 Å². The molecule has 20 heavy (non-hydrogen) atoms. The third kappa shape index (κ3) is 2.97. The average Bonchev–Trinajstić information content (AvgIpc) is 2.94. The zero-order chi connectivity index (χ0) is 13.8. The highest BCUT2D eigenvalue weighted by atomic mass is 16.1. The standard InChI is InChI=1S/C18H17NO/c20-17(8-6-14-4-2-1-3-5-14)13-15-7-9-18-16(12-15)10-11-19-18/h1-5,7,9-12,19H,6,8,13H2. The molecule has 100 valence electrons. The molecule has 0 unspecified atom stereocenters. The smallest absolute Gasteiger partial charge is 0.137 e. The summed E-state index contributed by atoms with van der Waals surface area (Å²) in [6.45, 7) is 0. The van der Waals surface area contributed by atoms with Crippen LogP contribution < -0.4 is 0 Å². The normalized spacial score (nSPS) is 10.8. The Morgan fingerprint density at radius 1 is 0.950 bits per heavy atom. The Bertz CT molecular complexity index is 712. The van der Waals surface area contributed by atoms with Crippen LogP contribution >= 0.6 is 0 Å². The fourth-order valence-electron chi connectivity index (χ4n) is 2.46. The van der Waals surface area contributed by atoms with E-state index in [-0.39, 0.29) is 0 Å². The molecule has 3 rings (SSSR count). The zero-order valence-electron chi connectivity index (χ0n) is 11.3. The summed E-state index contributed by atoms with van der Waals surface area (Å²) in [6.07, 6.45) is 3.88. The van der Waals surface area contributed by atoms with E-state index in [4.69, 9.17) is 0 Å². The molecular formula is C18H17NO. The molecule has 1 heterocycles. The number of fused-ring (bicyclic) bond motifs is 1. The Kier molecular flexibility index (Phi) is 3.64. The van der Waals surface area contributed by atoms with Gasteiger partial charge in [-0.05, 0) is 41.1 Å². The van der Waals surface area contributed by atoms with E-state index >= 15 is 0 Å². The van der Waals surface area contributed by atoms with Gasteiger partial charge in [-0.3, -0.25) is 4.79 Å². The van der Waals surface area contributed by atoms with Crippen LogP contribution in [0.15, 0.2) is 60.8 Å². The summed E-state index contributed by atoms with van der Waals surface area (Å²) in [5.74, 6) is 0.295. The molecule has 0 aliphatic carbocycles. The maximum absolute atomic E-state index is 12.1. The van der Waals surface area contributed by atoms with E-state index in [1.54, 1.807) is 0 Å². The highest BCUT2D eigenvalue weighted by molar-refractivity contribution is 5.84. The minimum absolute atomic E-state index is 0.295. The molecule has 0 saturated heterocycles. The van der Waals surface area contributed by atoms with Crippen molar-refractivity contribution in [1.29, 1.82) is 0 Å². The van der Waals surface area contributed by atoms with E-state index in [2.05, 4.69) is 23.2 Å². The molecule has 0 atom stereocenters. The quantitative estimate of drug-likeness (QED) is 0.743. The van der Waals surface area contributed by atoms with Gasteiger partial charge in [0.25, 0.3) is 0 Å². The first kappa shape index (κ1) is 12.7. The van der Waals surface area contributed by atoms with Gasteiger partial charge in [0.05, 0.1) is 0 Å². The number of nitrogens with one attached hydrogen (secondary N) is 1. The molecule has 3 aromatic rings. The number of H-pyrrole nitrogens is 1.